The van der Waals surface area contributed by atoms with Gasteiger partial charge in [-0.2, -0.15) is 13.2 Å². The lowest BCUT2D eigenvalue weighted by molar-refractivity contribution is -0.118. The maximum Gasteiger partial charge on any atom is 0.400 e. The summed E-state index contributed by atoms with van der Waals surface area (Å²) < 4.78 is 76.9. The molecule has 1 aliphatic rings. The van der Waals surface area contributed by atoms with E-state index in [2.05, 4.69) is 5.32 Å². The molecular weight excluding hydrogens is 766 g/mol. The number of anilines is 1. The smallest absolute Gasteiger partial charge is 0.326 e. The number of rotatable bonds is 11. The van der Waals surface area contributed by atoms with Crippen molar-refractivity contribution in [3.05, 3.63) is 96.4 Å². The molecule has 3 aromatic rings. The topological polar surface area (TPSA) is 80.3 Å². The van der Waals surface area contributed by atoms with Crippen molar-refractivity contribution in [2.75, 3.05) is 16.8 Å². The lowest BCUT2D eigenvalue weighted by atomic mass is 9.98. The van der Waals surface area contributed by atoms with Gasteiger partial charge in [-0.25, -0.2) is 8.78 Å². The fourth-order valence-corrected chi connectivity index (χ4v) is 7.33. The fourth-order valence-electron chi connectivity index (χ4n) is 4.73. The average molecular weight is 784 g/mol. The maximum atomic E-state index is 15.2. The molecule has 1 fully saturated rings. The zero-order valence-electron chi connectivity index (χ0n) is 22.7. The molecule has 0 aliphatic heterocycles. The molecule has 0 aromatic heterocycles. The quantitative estimate of drug-likeness (QED) is 0.0912. The number of hydrogen-bond acceptors (Lipinski definition) is 4. The molecule has 46 heavy (non-hydrogen) atoms. The van der Waals surface area contributed by atoms with Gasteiger partial charge >= 0.3 is 6.18 Å². The van der Waals surface area contributed by atoms with E-state index in [0.717, 1.165) is 12.1 Å². The number of carbonyl (C=O) groups is 3. The number of carbonyl (C=O) groups excluding carboxylic acids is 3. The van der Waals surface area contributed by atoms with Crippen LogP contribution in [0.25, 0.3) is 0 Å². The molecule has 4 rings (SSSR count). The number of amides is 1. The first kappa shape index (κ1) is 36.8. The van der Waals surface area contributed by atoms with E-state index in [0.29, 0.717) is 5.56 Å². The number of ketones is 2. The number of alkyl halides is 5. The minimum absolute atomic E-state index is 0.0631. The molecule has 0 bridgehead atoms. The third-order valence-corrected chi connectivity index (χ3v) is 10.6. The van der Waals surface area contributed by atoms with Gasteiger partial charge in [0, 0.05) is 46.4 Å². The van der Waals surface area contributed by atoms with Crippen molar-refractivity contribution < 1.29 is 40.5 Å². The molecule has 17 heteroatoms. The fraction of sp³-hybridized carbons (Fsp3) is 0.276. The Morgan fingerprint density at radius 1 is 0.891 bits per heavy atom. The Bertz CT molecular complexity index is 1750. The minimum Gasteiger partial charge on any atom is -0.326 e. The van der Waals surface area contributed by atoms with Gasteiger partial charge in [-0.1, -0.05) is 52.5 Å². The summed E-state index contributed by atoms with van der Waals surface area (Å²) in [5, 5.41) is 2.92. The molecular formula is C29H18Cl6F5NO4S. The summed E-state index contributed by atoms with van der Waals surface area (Å²) in [5.41, 5.74) is -0.702. The second kappa shape index (κ2) is 14.2. The predicted octanol–water partition coefficient (Wildman–Crippen LogP) is 8.95. The van der Waals surface area contributed by atoms with Gasteiger partial charge in [0.15, 0.2) is 5.78 Å². The summed E-state index contributed by atoms with van der Waals surface area (Å²) >= 11 is 37.2. The predicted molar refractivity (Wildman–Crippen MR) is 169 cm³/mol. The van der Waals surface area contributed by atoms with Crippen LogP contribution in [0.3, 0.4) is 0 Å². The Morgan fingerprint density at radius 2 is 1.52 bits per heavy atom. The highest BCUT2D eigenvalue weighted by Crippen LogP contribution is 2.65. The summed E-state index contributed by atoms with van der Waals surface area (Å²) in [6.07, 6.45) is -6.44. The van der Waals surface area contributed by atoms with Crippen LogP contribution < -0.4 is 5.32 Å². The van der Waals surface area contributed by atoms with Crippen LogP contribution in [-0.4, -0.2) is 43.7 Å². The van der Waals surface area contributed by atoms with Gasteiger partial charge in [0.2, 0.25) is 5.91 Å². The molecule has 3 aromatic carbocycles. The van der Waals surface area contributed by atoms with Crippen LogP contribution in [0.2, 0.25) is 20.1 Å². The zero-order valence-corrected chi connectivity index (χ0v) is 28.1. The van der Waals surface area contributed by atoms with E-state index in [1.807, 2.05) is 0 Å². The van der Waals surface area contributed by atoms with Crippen molar-refractivity contribution in [2.24, 2.45) is 5.92 Å². The van der Waals surface area contributed by atoms with Gasteiger partial charge in [0.25, 0.3) is 0 Å². The van der Waals surface area contributed by atoms with Crippen molar-refractivity contribution in [2.45, 2.75) is 29.3 Å². The number of hydrogen-bond donors (Lipinski definition) is 1. The lowest BCUT2D eigenvalue weighted by Crippen LogP contribution is -2.24. The Morgan fingerprint density at radius 3 is 2.13 bits per heavy atom. The van der Waals surface area contributed by atoms with E-state index in [4.69, 9.17) is 69.6 Å². The number of benzene rings is 3. The highest BCUT2D eigenvalue weighted by Gasteiger charge is 2.67. The highest BCUT2D eigenvalue weighted by atomic mass is 35.5. The minimum atomic E-state index is -4.79. The Labute approximate surface area is 291 Å². The second-order valence-electron chi connectivity index (χ2n) is 10.3. The van der Waals surface area contributed by atoms with Gasteiger partial charge < -0.3 is 5.32 Å². The molecule has 1 N–H and O–H groups in total. The molecule has 3 atom stereocenters. The van der Waals surface area contributed by atoms with Crippen molar-refractivity contribution in [1.29, 1.82) is 0 Å². The third-order valence-electron chi connectivity index (χ3n) is 6.87. The lowest BCUT2D eigenvalue weighted by Gasteiger charge is -2.12. The molecule has 5 nitrogen and oxygen atoms in total. The van der Waals surface area contributed by atoms with Gasteiger partial charge in [0.1, 0.15) is 27.5 Å². The van der Waals surface area contributed by atoms with Gasteiger partial charge in [-0.15, -0.1) is 23.2 Å². The monoisotopic (exact) mass is 781 g/mol. The molecule has 1 amide bonds. The molecule has 1 unspecified atom stereocenters. The first-order chi connectivity index (χ1) is 21.3. The van der Waals surface area contributed by atoms with Gasteiger partial charge in [-0.05, 0) is 47.5 Å². The van der Waals surface area contributed by atoms with Crippen molar-refractivity contribution in [3.63, 3.8) is 0 Å². The summed E-state index contributed by atoms with van der Waals surface area (Å²) in [7, 11) is -2.62. The normalized spacial score (nSPS) is 17.8. The number of halogens is 11. The largest absolute Gasteiger partial charge is 0.400 e. The molecule has 1 aliphatic carbocycles. The molecule has 0 radical (unpaired) electrons. The first-order valence-electron chi connectivity index (χ1n) is 12.8. The molecule has 246 valence electrons. The maximum absolute atomic E-state index is 15.2. The standard InChI is InChI=1S/C29H18Cl6F5NO4S/c30-18-3-2-14(41-27(44)24-23(29(24,34)35)13-5-19(31)25(33)20(32)6-13)8-16(18)22(43)7-12-1-4-21(36)17(26(12)37)9-15(42)10-46(45)11-28(38,39)40/h1-6,8,23-24H,7,9-11H2,(H,41,44)/t23-,24+,46?/m0/s1. The van der Waals surface area contributed by atoms with E-state index >= 15 is 4.39 Å². The summed E-state index contributed by atoms with van der Waals surface area (Å²) in [5.74, 6) is -9.38. The van der Waals surface area contributed by atoms with Crippen LogP contribution in [0, 0.1) is 17.6 Å². The van der Waals surface area contributed by atoms with E-state index < -0.39 is 92.2 Å². The molecule has 1 saturated carbocycles. The van der Waals surface area contributed by atoms with Crippen molar-refractivity contribution >= 4 is 104 Å². The van der Waals surface area contributed by atoms with E-state index in [1.54, 1.807) is 0 Å². The third kappa shape index (κ3) is 8.53. The van der Waals surface area contributed by atoms with Crippen LogP contribution >= 0.6 is 69.6 Å². The van der Waals surface area contributed by atoms with Crippen LogP contribution in [0.15, 0.2) is 42.5 Å². The molecule has 0 saturated heterocycles. The van der Waals surface area contributed by atoms with Gasteiger partial charge in [-0.3, -0.25) is 18.6 Å². The van der Waals surface area contributed by atoms with Crippen LogP contribution in [0.4, 0.5) is 27.6 Å². The van der Waals surface area contributed by atoms with Crippen molar-refractivity contribution in [3.8, 4) is 0 Å². The van der Waals surface area contributed by atoms with E-state index in [1.165, 1.54) is 30.3 Å². The van der Waals surface area contributed by atoms with E-state index in [-0.39, 0.29) is 36.9 Å². The van der Waals surface area contributed by atoms with Crippen LogP contribution in [-0.2, 0) is 33.2 Å². The van der Waals surface area contributed by atoms with Crippen molar-refractivity contribution in [1.82, 2.24) is 0 Å². The summed E-state index contributed by atoms with van der Waals surface area (Å²) in [6.45, 7) is 0. The van der Waals surface area contributed by atoms with E-state index in [9.17, 15) is 36.2 Å². The zero-order chi connectivity index (χ0) is 34.3. The Hall–Kier alpha value is -1.99. The average Bonchev–Trinajstić information content (AvgIpc) is 3.52. The second-order valence-corrected chi connectivity index (χ2v) is 14.8. The molecule has 0 heterocycles. The molecule has 0 spiro atoms. The Kier molecular flexibility index (Phi) is 11.4. The SMILES string of the molecule is O=C(Cc1c(F)ccc(CC(=O)c2cc(NC(=O)[C@H]3[C@H](c4cc(Cl)c(Cl)c(Cl)c4)C3(Cl)Cl)ccc2Cl)c1F)CS(=O)CC(F)(F)F. The summed E-state index contributed by atoms with van der Waals surface area (Å²) in [6, 6.07) is 8.63. The number of nitrogens with one attached hydrogen (secondary N) is 1. The number of Topliss-reactive ketones (excluding diaryl/α,β-unsaturated/α-hetero) is 2. The first-order valence-corrected chi connectivity index (χ1v) is 16.6. The van der Waals surface area contributed by atoms with Crippen LogP contribution in [0.1, 0.15) is 33.0 Å². The highest BCUT2D eigenvalue weighted by molar-refractivity contribution is 7.85. The summed E-state index contributed by atoms with van der Waals surface area (Å²) in [4.78, 5) is 38.4. The van der Waals surface area contributed by atoms with Crippen LogP contribution in [0.5, 0.6) is 0 Å². The van der Waals surface area contributed by atoms with Gasteiger partial charge in [0.05, 0.1) is 31.8 Å². The Balaban J connectivity index is 1.48.